The van der Waals surface area contributed by atoms with E-state index in [1.54, 1.807) is 19.1 Å². The quantitative estimate of drug-likeness (QED) is 0.796. The van der Waals surface area contributed by atoms with Crippen molar-refractivity contribution in [2.24, 2.45) is 0 Å². The van der Waals surface area contributed by atoms with Gasteiger partial charge in [-0.3, -0.25) is 10.1 Å². The van der Waals surface area contributed by atoms with Crippen LogP contribution in [0.5, 0.6) is 0 Å². The highest BCUT2D eigenvalue weighted by atomic mass is 35.5. The summed E-state index contributed by atoms with van der Waals surface area (Å²) in [5, 5.41) is 6.31. The Labute approximate surface area is 102 Å². The van der Waals surface area contributed by atoms with E-state index in [2.05, 4.69) is 15.5 Å². The molecule has 88 valence electrons. The van der Waals surface area contributed by atoms with Crippen LogP contribution in [0.1, 0.15) is 16.2 Å². The normalized spacial score (nSPS) is 10.2. The third kappa shape index (κ3) is 2.54. The molecule has 0 aliphatic carbocycles. The van der Waals surface area contributed by atoms with Gasteiger partial charge in [-0.25, -0.2) is 0 Å². The SMILES string of the molecule is Cc1noc(NC(=O)c2ccc(N)c(Cl)c2)n1. The molecule has 0 spiro atoms. The molecule has 3 N–H and O–H groups in total. The number of nitrogen functional groups attached to an aromatic ring is 1. The van der Waals surface area contributed by atoms with Crippen LogP contribution in [-0.4, -0.2) is 16.0 Å². The Morgan fingerprint density at radius 1 is 1.53 bits per heavy atom. The Kier molecular flexibility index (Phi) is 2.97. The maximum Gasteiger partial charge on any atom is 0.328 e. The molecule has 0 bridgehead atoms. The molecule has 0 unspecified atom stereocenters. The molecule has 17 heavy (non-hydrogen) atoms. The van der Waals surface area contributed by atoms with Gasteiger partial charge in [-0.1, -0.05) is 16.8 Å². The number of benzene rings is 1. The van der Waals surface area contributed by atoms with Gasteiger partial charge in [0.15, 0.2) is 5.82 Å². The third-order valence-corrected chi connectivity index (χ3v) is 2.34. The van der Waals surface area contributed by atoms with Crippen molar-refractivity contribution in [1.29, 1.82) is 0 Å². The lowest BCUT2D eigenvalue weighted by molar-refractivity contribution is 0.102. The number of aryl methyl sites for hydroxylation is 1. The van der Waals surface area contributed by atoms with E-state index in [-0.39, 0.29) is 6.01 Å². The average Bonchev–Trinajstić information content (AvgIpc) is 2.68. The lowest BCUT2D eigenvalue weighted by Crippen LogP contribution is -2.12. The molecule has 0 saturated heterocycles. The lowest BCUT2D eigenvalue weighted by atomic mass is 10.2. The first-order valence-corrected chi connectivity index (χ1v) is 5.11. The fourth-order valence-electron chi connectivity index (χ4n) is 1.19. The summed E-state index contributed by atoms with van der Waals surface area (Å²) in [6, 6.07) is 4.62. The van der Waals surface area contributed by atoms with Crippen LogP contribution in [-0.2, 0) is 0 Å². The van der Waals surface area contributed by atoms with Gasteiger partial charge in [-0.15, -0.1) is 0 Å². The number of rotatable bonds is 2. The van der Waals surface area contributed by atoms with E-state index in [1.807, 2.05) is 0 Å². The summed E-state index contributed by atoms with van der Waals surface area (Å²) in [5.41, 5.74) is 6.32. The topological polar surface area (TPSA) is 94.0 Å². The number of nitrogens with one attached hydrogen (secondary N) is 1. The van der Waals surface area contributed by atoms with Crippen molar-refractivity contribution in [3.63, 3.8) is 0 Å². The van der Waals surface area contributed by atoms with Crippen LogP contribution in [0.2, 0.25) is 5.02 Å². The Balaban J connectivity index is 2.17. The van der Waals surface area contributed by atoms with Gasteiger partial charge in [-0.05, 0) is 25.1 Å². The Hall–Kier alpha value is -2.08. The van der Waals surface area contributed by atoms with E-state index in [1.165, 1.54) is 6.07 Å². The van der Waals surface area contributed by atoms with Crippen LogP contribution in [0.3, 0.4) is 0 Å². The summed E-state index contributed by atoms with van der Waals surface area (Å²) in [4.78, 5) is 15.6. The number of anilines is 2. The molecule has 2 rings (SSSR count). The zero-order valence-electron chi connectivity index (χ0n) is 8.90. The number of aromatic nitrogens is 2. The Bertz CT molecular complexity index is 567. The first kappa shape index (κ1) is 11.4. The van der Waals surface area contributed by atoms with Crippen LogP contribution >= 0.6 is 11.6 Å². The molecule has 1 aromatic heterocycles. The summed E-state index contributed by atoms with van der Waals surface area (Å²) in [5.74, 6) is 0.0474. The number of halogens is 1. The van der Waals surface area contributed by atoms with E-state index in [0.29, 0.717) is 22.1 Å². The van der Waals surface area contributed by atoms with Crippen molar-refractivity contribution in [3.05, 3.63) is 34.6 Å². The van der Waals surface area contributed by atoms with E-state index in [9.17, 15) is 4.79 Å². The van der Waals surface area contributed by atoms with Crippen LogP contribution in [0, 0.1) is 6.92 Å². The smallest absolute Gasteiger partial charge is 0.328 e. The van der Waals surface area contributed by atoms with E-state index >= 15 is 0 Å². The molecule has 7 heteroatoms. The fraction of sp³-hybridized carbons (Fsp3) is 0.100. The summed E-state index contributed by atoms with van der Waals surface area (Å²) < 4.78 is 4.76. The molecule has 1 amide bonds. The molecule has 0 saturated carbocycles. The van der Waals surface area contributed by atoms with E-state index in [0.717, 1.165) is 0 Å². The maximum atomic E-state index is 11.7. The van der Waals surface area contributed by atoms with Gasteiger partial charge in [0.1, 0.15) is 0 Å². The highest BCUT2D eigenvalue weighted by Gasteiger charge is 2.11. The van der Waals surface area contributed by atoms with Crippen molar-refractivity contribution in [1.82, 2.24) is 10.1 Å². The second-order valence-electron chi connectivity index (χ2n) is 3.34. The molecule has 0 aliphatic heterocycles. The molecular formula is C10H9ClN4O2. The molecular weight excluding hydrogens is 244 g/mol. The van der Waals surface area contributed by atoms with Crippen molar-refractivity contribution in [3.8, 4) is 0 Å². The lowest BCUT2D eigenvalue weighted by Gasteiger charge is -2.02. The van der Waals surface area contributed by atoms with Crippen LogP contribution in [0.4, 0.5) is 11.7 Å². The summed E-state index contributed by atoms with van der Waals surface area (Å²) in [6.07, 6.45) is 0. The van der Waals surface area contributed by atoms with Gasteiger partial charge < -0.3 is 10.3 Å². The fourth-order valence-corrected chi connectivity index (χ4v) is 1.37. The monoisotopic (exact) mass is 252 g/mol. The molecule has 0 fully saturated rings. The number of carbonyl (C=O) groups is 1. The number of hydrogen-bond acceptors (Lipinski definition) is 5. The summed E-state index contributed by atoms with van der Waals surface area (Å²) in [7, 11) is 0. The van der Waals surface area contributed by atoms with Crippen LogP contribution < -0.4 is 11.1 Å². The summed E-state index contributed by atoms with van der Waals surface area (Å²) >= 11 is 5.81. The van der Waals surface area contributed by atoms with E-state index < -0.39 is 5.91 Å². The zero-order valence-corrected chi connectivity index (χ0v) is 9.65. The van der Waals surface area contributed by atoms with Crippen LogP contribution in [0.25, 0.3) is 0 Å². The van der Waals surface area contributed by atoms with Crippen LogP contribution in [0.15, 0.2) is 22.7 Å². The van der Waals surface area contributed by atoms with Crippen molar-refractivity contribution >= 4 is 29.2 Å². The number of nitrogens with two attached hydrogens (primary N) is 1. The number of nitrogens with zero attached hydrogens (tertiary/aromatic N) is 2. The first-order chi connectivity index (χ1) is 8.06. The Morgan fingerprint density at radius 3 is 2.88 bits per heavy atom. The molecule has 0 aliphatic rings. The molecule has 2 aromatic rings. The number of carbonyl (C=O) groups excluding carboxylic acids is 1. The predicted octanol–water partition coefficient (Wildman–Crippen LogP) is 1.87. The van der Waals surface area contributed by atoms with Gasteiger partial charge in [0.05, 0.1) is 10.7 Å². The van der Waals surface area contributed by atoms with Crippen molar-refractivity contribution in [2.45, 2.75) is 6.92 Å². The Morgan fingerprint density at radius 2 is 2.29 bits per heavy atom. The number of amides is 1. The summed E-state index contributed by atoms with van der Waals surface area (Å²) in [6.45, 7) is 1.65. The minimum absolute atomic E-state index is 0.0421. The first-order valence-electron chi connectivity index (χ1n) is 4.73. The third-order valence-electron chi connectivity index (χ3n) is 2.01. The highest BCUT2D eigenvalue weighted by Crippen LogP contribution is 2.20. The van der Waals surface area contributed by atoms with Crippen molar-refractivity contribution in [2.75, 3.05) is 11.1 Å². The number of hydrogen-bond donors (Lipinski definition) is 2. The molecule has 6 nitrogen and oxygen atoms in total. The second kappa shape index (κ2) is 4.42. The van der Waals surface area contributed by atoms with Gasteiger partial charge in [0.2, 0.25) is 0 Å². The van der Waals surface area contributed by atoms with E-state index in [4.69, 9.17) is 21.9 Å². The van der Waals surface area contributed by atoms with Gasteiger partial charge in [0.25, 0.3) is 5.91 Å². The average molecular weight is 253 g/mol. The predicted molar refractivity (Wildman–Crippen MR) is 62.9 cm³/mol. The van der Waals surface area contributed by atoms with Crippen molar-refractivity contribution < 1.29 is 9.32 Å². The molecule has 1 aromatic carbocycles. The maximum absolute atomic E-state index is 11.7. The van der Waals surface area contributed by atoms with Gasteiger partial charge >= 0.3 is 6.01 Å². The molecule has 0 atom stereocenters. The zero-order chi connectivity index (χ0) is 12.4. The second-order valence-corrected chi connectivity index (χ2v) is 3.74. The minimum Gasteiger partial charge on any atom is -0.398 e. The standard InChI is InChI=1S/C10H9ClN4O2/c1-5-13-10(17-15-5)14-9(16)6-2-3-8(12)7(11)4-6/h2-4H,12H2,1H3,(H,13,14,15,16). The molecule has 1 heterocycles. The van der Waals surface area contributed by atoms with Gasteiger partial charge in [0, 0.05) is 5.56 Å². The minimum atomic E-state index is -0.393. The van der Waals surface area contributed by atoms with Gasteiger partial charge in [-0.2, -0.15) is 4.98 Å². The molecule has 0 radical (unpaired) electrons. The highest BCUT2D eigenvalue weighted by molar-refractivity contribution is 6.33. The largest absolute Gasteiger partial charge is 0.398 e.